The highest BCUT2D eigenvalue weighted by atomic mass is 19.1. The van der Waals surface area contributed by atoms with Crippen molar-refractivity contribution in [1.29, 1.82) is 0 Å². The van der Waals surface area contributed by atoms with E-state index in [0.717, 1.165) is 16.9 Å². The molecule has 0 fully saturated rings. The van der Waals surface area contributed by atoms with E-state index < -0.39 is 0 Å². The van der Waals surface area contributed by atoms with Gasteiger partial charge in [-0.3, -0.25) is 0 Å². The van der Waals surface area contributed by atoms with Crippen LogP contribution in [0.15, 0.2) is 18.2 Å². The summed E-state index contributed by atoms with van der Waals surface area (Å²) in [4.78, 5) is 4.51. The van der Waals surface area contributed by atoms with Gasteiger partial charge in [-0.25, -0.2) is 9.37 Å². The number of imidazole rings is 1. The third-order valence-electron chi connectivity index (χ3n) is 2.96. The third-order valence-corrected chi connectivity index (χ3v) is 2.96. The maximum Gasteiger partial charge on any atom is 0.125 e. The Labute approximate surface area is 94.1 Å². The van der Waals surface area contributed by atoms with E-state index in [2.05, 4.69) is 4.98 Å². The molecule has 0 spiro atoms. The summed E-state index contributed by atoms with van der Waals surface area (Å²) >= 11 is 0. The van der Waals surface area contributed by atoms with Gasteiger partial charge in [0.1, 0.15) is 11.6 Å². The summed E-state index contributed by atoms with van der Waals surface area (Å²) in [6.45, 7) is 4.57. The molecular formula is C12H16FN3. The molecule has 0 bridgehead atoms. The van der Waals surface area contributed by atoms with Crippen molar-refractivity contribution < 1.29 is 4.39 Å². The Balaban J connectivity index is 2.70. The lowest BCUT2D eigenvalue weighted by Crippen LogP contribution is -2.31. The van der Waals surface area contributed by atoms with Gasteiger partial charge < -0.3 is 10.3 Å². The number of fused-ring (bicyclic) bond motifs is 1. The number of hydrogen-bond acceptors (Lipinski definition) is 2. The first-order chi connectivity index (χ1) is 7.45. The van der Waals surface area contributed by atoms with Crippen LogP contribution in [0.3, 0.4) is 0 Å². The highest BCUT2D eigenvalue weighted by Crippen LogP contribution is 2.25. The molecular weight excluding hydrogens is 205 g/mol. The molecule has 0 aliphatic rings. The van der Waals surface area contributed by atoms with E-state index in [1.165, 1.54) is 12.1 Å². The van der Waals surface area contributed by atoms with E-state index in [1.54, 1.807) is 6.07 Å². The van der Waals surface area contributed by atoms with Crippen molar-refractivity contribution in [2.45, 2.75) is 19.3 Å². The standard InChI is InChI=1S/C12H16FN3/c1-12(2,7-14)11-15-9-5-4-8(13)6-10(9)16(11)3/h4-6H,7,14H2,1-3H3. The van der Waals surface area contributed by atoms with Crippen molar-refractivity contribution in [1.82, 2.24) is 9.55 Å². The van der Waals surface area contributed by atoms with Crippen LogP contribution in [-0.2, 0) is 12.5 Å². The number of rotatable bonds is 2. The smallest absolute Gasteiger partial charge is 0.125 e. The maximum atomic E-state index is 13.1. The van der Waals surface area contributed by atoms with Gasteiger partial charge in [0.05, 0.1) is 11.0 Å². The number of nitrogens with two attached hydrogens (primary N) is 1. The van der Waals surface area contributed by atoms with Crippen molar-refractivity contribution in [2.24, 2.45) is 12.8 Å². The topological polar surface area (TPSA) is 43.8 Å². The fourth-order valence-corrected chi connectivity index (χ4v) is 1.86. The highest BCUT2D eigenvalue weighted by molar-refractivity contribution is 5.76. The average Bonchev–Trinajstić information content (AvgIpc) is 2.57. The molecule has 1 heterocycles. The first kappa shape index (κ1) is 11.1. The van der Waals surface area contributed by atoms with Crippen LogP contribution >= 0.6 is 0 Å². The van der Waals surface area contributed by atoms with E-state index in [4.69, 9.17) is 5.73 Å². The van der Waals surface area contributed by atoms with E-state index in [-0.39, 0.29) is 11.2 Å². The van der Waals surface area contributed by atoms with Crippen LogP contribution in [0, 0.1) is 5.82 Å². The molecule has 1 aromatic heterocycles. The van der Waals surface area contributed by atoms with Crippen LogP contribution in [-0.4, -0.2) is 16.1 Å². The molecule has 86 valence electrons. The zero-order valence-corrected chi connectivity index (χ0v) is 9.79. The molecule has 16 heavy (non-hydrogen) atoms. The Morgan fingerprint density at radius 3 is 2.75 bits per heavy atom. The molecule has 2 rings (SSSR count). The normalized spacial score (nSPS) is 12.3. The second kappa shape index (κ2) is 3.56. The molecule has 0 amide bonds. The molecule has 0 atom stereocenters. The van der Waals surface area contributed by atoms with Crippen LogP contribution in [0.2, 0.25) is 0 Å². The van der Waals surface area contributed by atoms with Crippen molar-refractivity contribution in [3.63, 3.8) is 0 Å². The first-order valence-corrected chi connectivity index (χ1v) is 5.28. The van der Waals surface area contributed by atoms with E-state index >= 15 is 0 Å². The number of halogens is 1. The molecule has 0 saturated heterocycles. The Morgan fingerprint density at radius 1 is 1.44 bits per heavy atom. The molecule has 1 aromatic carbocycles. The lowest BCUT2D eigenvalue weighted by Gasteiger charge is -2.21. The number of benzene rings is 1. The summed E-state index contributed by atoms with van der Waals surface area (Å²) in [5.41, 5.74) is 7.14. The van der Waals surface area contributed by atoms with Crippen LogP contribution in [0.5, 0.6) is 0 Å². The Bertz CT molecular complexity index is 528. The number of hydrogen-bond donors (Lipinski definition) is 1. The Hall–Kier alpha value is -1.42. The fraction of sp³-hybridized carbons (Fsp3) is 0.417. The first-order valence-electron chi connectivity index (χ1n) is 5.28. The molecule has 0 aliphatic carbocycles. The minimum absolute atomic E-state index is 0.204. The van der Waals surface area contributed by atoms with Gasteiger partial charge in [0.25, 0.3) is 0 Å². The van der Waals surface area contributed by atoms with Gasteiger partial charge in [0.2, 0.25) is 0 Å². The summed E-state index contributed by atoms with van der Waals surface area (Å²) in [7, 11) is 1.89. The van der Waals surface area contributed by atoms with Gasteiger partial charge >= 0.3 is 0 Å². The molecule has 2 aromatic rings. The Morgan fingerprint density at radius 2 is 2.12 bits per heavy atom. The maximum absolute atomic E-state index is 13.1. The second-order valence-corrected chi connectivity index (χ2v) is 4.72. The average molecular weight is 221 g/mol. The van der Waals surface area contributed by atoms with Gasteiger partial charge in [0, 0.05) is 19.0 Å². The highest BCUT2D eigenvalue weighted by Gasteiger charge is 2.25. The van der Waals surface area contributed by atoms with Crippen LogP contribution < -0.4 is 5.73 Å². The summed E-state index contributed by atoms with van der Waals surface area (Å²) in [5.74, 6) is 0.642. The largest absolute Gasteiger partial charge is 0.331 e. The Kier molecular flexibility index (Phi) is 2.46. The summed E-state index contributed by atoms with van der Waals surface area (Å²) in [5, 5.41) is 0. The van der Waals surface area contributed by atoms with E-state index in [1.807, 2.05) is 25.5 Å². The van der Waals surface area contributed by atoms with Gasteiger partial charge in [-0.15, -0.1) is 0 Å². The van der Waals surface area contributed by atoms with Gasteiger partial charge in [-0.1, -0.05) is 13.8 Å². The third kappa shape index (κ3) is 1.59. The fourth-order valence-electron chi connectivity index (χ4n) is 1.86. The lowest BCUT2D eigenvalue weighted by atomic mass is 9.93. The zero-order valence-electron chi connectivity index (χ0n) is 9.79. The van der Waals surface area contributed by atoms with Crippen molar-refractivity contribution in [3.05, 3.63) is 29.8 Å². The predicted molar refractivity (Wildman–Crippen MR) is 62.8 cm³/mol. The van der Waals surface area contributed by atoms with Crippen LogP contribution in [0.4, 0.5) is 4.39 Å². The SMILES string of the molecule is Cn1c(C(C)(C)CN)nc2ccc(F)cc21. The quantitative estimate of drug-likeness (QED) is 0.842. The minimum atomic E-state index is -0.243. The summed E-state index contributed by atoms with van der Waals surface area (Å²) in [6, 6.07) is 4.62. The second-order valence-electron chi connectivity index (χ2n) is 4.72. The van der Waals surface area contributed by atoms with E-state index in [9.17, 15) is 4.39 Å². The zero-order chi connectivity index (χ0) is 11.9. The van der Waals surface area contributed by atoms with Crippen LogP contribution in [0.25, 0.3) is 11.0 Å². The van der Waals surface area contributed by atoms with Gasteiger partial charge in [-0.05, 0) is 18.2 Å². The lowest BCUT2D eigenvalue weighted by molar-refractivity contribution is 0.487. The van der Waals surface area contributed by atoms with Crippen molar-refractivity contribution in [3.8, 4) is 0 Å². The van der Waals surface area contributed by atoms with Gasteiger partial charge in [-0.2, -0.15) is 0 Å². The van der Waals surface area contributed by atoms with Crippen molar-refractivity contribution in [2.75, 3.05) is 6.54 Å². The summed E-state index contributed by atoms with van der Waals surface area (Å²) in [6.07, 6.45) is 0. The monoisotopic (exact) mass is 221 g/mol. The molecule has 3 nitrogen and oxygen atoms in total. The van der Waals surface area contributed by atoms with Crippen molar-refractivity contribution >= 4 is 11.0 Å². The molecule has 4 heteroatoms. The number of aryl methyl sites for hydroxylation is 1. The predicted octanol–water partition coefficient (Wildman–Crippen LogP) is 1.95. The molecule has 2 N–H and O–H groups in total. The molecule has 0 unspecified atom stereocenters. The molecule has 0 saturated carbocycles. The van der Waals surface area contributed by atoms with Gasteiger partial charge in [0.15, 0.2) is 0 Å². The summed E-state index contributed by atoms with van der Waals surface area (Å²) < 4.78 is 15.0. The molecule has 0 radical (unpaired) electrons. The number of aromatic nitrogens is 2. The van der Waals surface area contributed by atoms with Crippen LogP contribution in [0.1, 0.15) is 19.7 Å². The molecule has 0 aliphatic heterocycles. The van der Waals surface area contributed by atoms with E-state index in [0.29, 0.717) is 6.54 Å². The minimum Gasteiger partial charge on any atom is -0.331 e. The number of nitrogens with zero attached hydrogens (tertiary/aromatic N) is 2.